The van der Waals surface area contributed by atoms with Crippen molar-refractivity contribution >= 4 is 10.9 Å². The zero-order valence-electron chi connectivity index (χ0n) is 14.0. The van der Waals surface area contributed by atoms with E-state index in [0.29, 0.717) is 5.92 Å². The van der Waals surface area contributed by atoms with Crippen molar-refractivity contribution in [2.75, 3.05) is 19.6 Å². The van der Waals surface area contributed by atoms with E-state index in [9.17, 15) is 0 Å². The minimum atomic E-state index is 0.677. The van der Waals surface area contributed by atoms with Gasteiger partial charge in [-0.15, -0.1) is 0 Å². The number of nitrogens with one attached hydrogen (secondary N) is 1. The second-order valence-corrected chi connectivity index (χ2v) is 6.68. The molecule has 0 unspecified atom stereocenters. The minimum absolute atomic E-state index is 0.677. The first kappa shape index (κ1) is 15.4. The molecule has 2 heterocycles. The summed E-state index contributed by atoms with van der Waals surface area (Å²) in [7, 11) is 0. The van der Waals surface area contributed by atoms with Gasteiger partial charge < -0.3 is 5.32 Å². The van der Waals surface area contributed by atoms with Gasteiger partial charge in [-0.25, -0.2) is 0 Å². The Bertz CT molecular complexity index is 648. The van der Waals surface area contributed by atoms with Gasteiger partial charge in [0.15, 0.2) is 0 Å². The van der Waals surface area contributed by atoms with Gasteiger partial charge in [-0.3, -0.25) is 9.88 Å². The molecule has 1 aromatic heterocycles. The molecule has 0 amide bonds. The normalized spacial score (nSPS) is 15.5. The van der Waals surface area contributed by atoms with Crippen molar-refractivity contribution in [3.8, 4) is 0 Å². The zero-order chi connectivity index (χ0) is 15.5. The Morgan fingerprint density at radius 1 is 1.27 bits per heavy atom. The Morgan fingerprint density at radius 2 is 2.09 bits per heavy atom. The summed E-state index contributed by atoms with van der Waals surface area (Å²) in [5.74, 6) is 0.677. The van der Waals surface area contributed by atoms with E-state index in [1.165, 1.54) is 22.2 Å². The van der Waals surface area contributed by atoms with E-state index in [1.54, 1.807) is 0 Å². The van der Waals surface area contributed by atoms with Crippen LogP contribution < -0.4 is 5.32 Å². The smallest absolute Gasteiger partial charge is 0.0708 e. The molecule has 0 fully saturated rings. The van der Waals surface area contributed by atoms with Gasteiger partial charge in [0.1, 0.15) is 0 Å². The fourth-order valence-electron chi connectivity index (χ4n) is 3.29. The Morgan fingerprint density at radius 3 is 2.86 bits per heavy atom. The highest BCUT2D eigenvalue weighted by Gasteiger charge is 2.21. The third-order valence-electron chi connectivity index (χ3n) is 4.55. The summed E-state index contributed by atoms with van der Waals surface area (Å²) in [4.78, 5) is 7.45. The minimum Gasteiger partial charge on any atom is -0.312 e. The molecule has 3 rings (SSSR count). The highest BCUT2D eigenvalue weighted by molar-refractivity contribution is 5.83. The van der Waals surface area contributed by atoms with Crippen LogP contribution in [0.25, 0.3) is 10.9 Å². The first-order chi connectivity index (χ1) is 10.7. The van der Waals surface area contributed by atoms with Crippen LogP contribution in [-0.2, 0) is 19.5 Å². The topological polar surface area (TPSA) is 28.2 Å². The molecule has 3 nitrogen and oxygen atoms in total. The van der Waals surface area contributed by atoms with Crippen LogP contribution in [0.4, 0.5) is 0 Å². The quantitative estimate of drug-likeness (QED) is 0.917. The molecule has 118 valence electrons. The van der Waals surface area contributed by atoms with Gasteiger partial charge in [-0.2, -0.15) is 0 Å². The molecule has 0 saturated heterocycles. The first-order valence-electron chi connectivity index (χ1n) is 8.51. The zero-order valence-corrected chi connectivity index (χ0v) is 14.0. The van der Waals surface area contributed by atoms with Crippen molar-refractivity contribution in [2.45, 2.75) is 40.3 Å². The number of hydrogen-bond donors (Lipinski definition) is 1. The number of para-hydroxylation sites is 1. The summed E-state index contributed by atoms with van der Waals surface area (Å²) in [6.07, 6.45) is 1.07. The lowest BCUT2D eigenvalue weighted by atomic mass is 9.95. The van der Waals surface area contributed by atoms with Crippen molar-refractivity contribution in [3.05, 3.63) is 41.1 Å². The molecule has 0 radical (unpaired) electrons. The molecule has 0 saturated carbocycles. The summed E-state index contributed by atoms with van der Waals surface area (Å²) >= 11 is 0. The van der Waals surface area contributed by atoms with E-state index in [1.807, 2.05) is 0 Å². The Labute approximate surface area is 133 Å². The molecule has 0 bridgehead atoms. The molecule has 22 heavy (non-hydrogen) atoms. The lowest BCUT2D eigenvalue weighted by Crippen LogP contribution is -2.32. The number of pyridine rings is 1. The SMILES string of the molecule is CCN1CCc2nc3ccccc3c(CNCC(C)C)c2C1. The molecule has 1 N–H and O–H groups in total. The molecule has 0 aliphatic carbocycles. The molecule has 3 heteroatoms. The first-order valence-corrected chi connectivity index (χ1v) is 8.51. The molecule has 2 aromatic rings. The number of fused-ring (bicyclic) bond motifs is 2. The van der Waals surface area contributed by atoms with Crippen LogP contribution in [0.15, 0.2) is 24.3 Å². The van der Waals surface area contributed by atoms with Gasteiger partial charge in [-0.1, -0.05) is 39.0 Å². The molecule has 1 aliphatic heterocycles. The summed E-state index contributed by atoms with van der Waals surface area (Å²) < 4.78 is 0. The van der Waals surface area contributed by atoms with Crippen LogP contribution in [0.2, 0.25) is 0 Å². The fraction of sp³-hybridized carbons (Fsp3) is 0.526. The average Bonchev–Trinajstić information content (AvgIpc) is 2.53. The van der Waals surface area contributed by atoms with Crippen LogP contribution in [0.5, 0.6) is 0 Å². The van der Waals surface area contributed by atoms with E-state index >= 15 is 0 Å². The monoisotopic (exact) mass is 297 g/mol. The molecule has 1 aliphatic rings. The third-order valence-corrected chi connectivity index (χ3v) is 4.55. The van der Waals surface area contributed by atoms with Crippen LogP contribution in [0, 0.1) is 5.92 Å². The van der Waals surface area contributed by atoms with Crippen LogP contribution >= 0.6 is 0 Å². The van der Waals surface area contributed by atoms with Crippen molar-refractivity contribution in [1.29, 1.82) is 0 Å². The van der Waals surface area contributed by atoms with E-state index in [-0.39, 0.29) is 0 Å². The summed E-state index contributed by atoms with van der Waals surface area (Å²) in [5.41, 5.74) is 5.37. The number of rotatable bonds is 5. The maximum Gasteiger partial charge on any atom is 0.0708 e. The maximum absolute atomic E-state index is 4.93. The Hall–Kier alpha value is -1.45. The summed E-state index contributed by atoms with van der Waals surface area (Å²) in [6, 6.07) is 8.59. The standard InChI is InChI=1S/C19H27N3/c1-4-22-10-9-19-17(13-22)16(12-20-11-14(2)3)15-7-5-6-8-18(15)21-19/h5-8,14,20H,4,9-13H2,1-3H3. The largest absolute Gasteiger partial charge is 0.312 e. The number of aromatic nitrogens is 1. The predicted molar refractivity (Wildman–Crippen MR) is 92.9 cm³/mol. The van der Waals surface area contributed by atoms with E-state index in [2.05, 4.69) is 55.3 Å². The molecular formula is C19H27N3. The van der Waals surface area contributed by atoms with E-state index < -0.39 is 0 Å². The second kappa shape index (κ2) is 6.76. The van der Waals surface area contributed by atoms with Crippen LogP contribution in [0.1, 0.15) is 37.6 Å². The Balaban J connectivity index is 2.01. The summed E-state index contributed by atoms with van der Waals surface area (Å²) in [5, 5.41) is 4.95. The molecule has 0 atom stereocenters. The Kier molecular flexibility index (Phi) is 4.74. The predicted octanol–water partition coefficient (Wildman–Crippen LogP) is 3.36. The van der Waals surface area contributed by atoms with Gasteiger partial charge >= 0.3 is 0 Å². The average molecular weight is 297 g/mol. The fourth-order valence-corrected chi connectivity index (χ4v) is 3.29. The van der Waals surface area contributed by atoms with E-state index in [4.69, 9.17) is 4.98 Å². The third kappa shape index (κ3) is 3.16. The van der Waals surface area contributed by atoms with Gasteiger partial charge in [0.05, 0.1) is 5.52 Å². The maximum atomic E-state index is 4.93. The van der Waals surface area contributed by atoms with Crippen molar-refractivity contribution < 1.29 is 0 Å². The summed E-state index contributed by atoms with van der Waals surface area (Å²) in [6.45, 7) is 12.1. The number of hydrogen-bond acceptors (Lipinski definition) is 3. The van der Waals surface area contributed by atoms with Crippen LogP contribution in [-0.4, -0.2) is 29.5 Å². The van der Waals surface area contributed by atoms with E-state index in [0.717, 1.165) is 44.7 Å². The highest BCUT2D eigenvalue weighted by Crippen LogP contribution is 2.28. The van der Waals surface area contributed by atoms with Gasteiger partial charge in [0, 0.05) is 37.1 Å². The van der Waals surface area contributed by atoms with Gasteiger partial charge in [0.2, 0.25) is 0 Å². The molecule has 1 aromatic carbocycles. The number of nitrogens with zero attached hydrogens (tertiary/aromatic N) is 2. The molecule has 0 spiro atoms. The lowest BCUT2D eigenvalue weighted by Gasteiger charge is -2.29. The number of likely N-dealkylation sites (N-methyl/N-ethyl adjacent to an activating group) is 1. The highest BCUT2D eigenvalue weighted by atomic mass is 15.1. The van der Waals surface area contributed by atoms with Crippen molar-refractivity contribution in [3.63, 3.8) is 0 Å². The number of benzene rings is 1. The lowest BCUT2D eigenvalue weighted by molar-refractivity contribution is 0.265. The van der Waals surface area contributed by atoms with Crippen LogP contribution in [0.3, 0.4) is 0 Å². The van der Waals surface area contributed by atoms with Gasteiger partial charge in [-0.05, 0) is 36.2 Å². The van der Waals surface area contributed by atoms with Crippen molar-refractivity contribution in [2.24, 2.45) is 5.92 Å². The van der Waals surface area contributed by atoms with Crippen molar-refractivity contribution in [1.82, 2.24) is 15.2 Å². The van der Waals surface area contributed by atoms with Gasteiger partial charge in [0.25, 0.3) is 0 Å². The molecular weight excluding hydrogens is 270 g/mol. The second-order valence-electron chi connectivity index (χ2n) is 6.68.